The molecular weight excluding hydrogens is 478 g/mol. The summed E-state index contributed by atoms with van der Waals surface area (Å²) in [7, 11) is 0. The van der Waals surface area contributed by atoms with Gasteiger partial charge in [0.05, 0.1) is 6.42 Å². The lowest BCUT2D eigenvalue weighted by molar-refractivity contribution is -0.197. The molecule has 3 aromatic rings. The van der Waals surface area contributed by atoms with Gasteiger partial charge in [-0.3, -0.25) is 9.59 Å². The molecule has 180 valence electrons. The average molecular weight is 506 g/mol. The number of aryl methyl sites for hydroxylation is 1. The number of hydrogen-bond acceptors (Lipinski definition) is 6. The molecule has 0 saturated carbocycles. The molecule has 1 aliphatic heterocycles. The summed E-state index contributed by atoms with van der Waals surface area (Å²) >= 11 is 3.45. The first-order valence-corrected chi connectivity index (χ1v) is 13.9. The van der Waals surface area contributed by atoms with Gasteiger partial charge in [-0.05, 0) is 65.5 Å². The van der Waals surface area contributed by atoms with Crippen LogP contribution in [0, 0.1) is 0 Å². The Labute approximate surface area is 214 Å². The molecule has 0 N–H and O–H groups in total. The number of thioether (sulfide) groups is 2. The molecule has 5 nitrogen and oxygen atoms in total. The molecule has 0 aromatic heterocycles. The maximum Gasteiger partial charge on any atom is 0.333 e. The lowest BCUT2D eigenvalue weighted by Crippen LogP contribution is -2.32. The van der Waals surface area contributed by atoms with Gasteiger partial charge in [0.1, 0.15) is 0 Å². The number of hydrogen-bond donors (Lipinski definition) is 0. The molecule has 7 heteroatoms. The summed E-state index contributed by atoms with van der Waals surface area (Å²) in [5.41, 5.74) is 4.59. The molecule has 0 atom stereocenters. The Bertz CT molecular complexity index is 1130. The van der Waals surface area contributed by atoms with Crippen molar-refractivity contribution in [2.75, 3.05) is 12.5 Å². The smallest absolute Gasteiger partial charge is 0.330 e. The molecule has 1 heterocycles. The van der Waals surface area contributed by atoms with Crippen molar-refractivity contribution in [1.82, 2.24) is 5.06 Å². The maximum absolute atomic E-state index is 12.1. The zero-order valence-electron chi connectivity index (χ0n) is 19.7. The standard InChI is InChI=1S/C28H27NO4S2/c1-34-23-12-8-21(9-13-23)28(22-10-14-24(35-2)15-11-22)20-6-3-19(4-7-20)5-18-27(32)33-29-25(30)16-17-26(29)31/h3-4,6-15,28H,5,16-18H2,1-2H3. The minimum absolute atomic E-state index is 0.0894. The van der Waals surface area contributed by atoms with Crippen LogP contribution in [-0.4, -0.2) is 35.4 Å². The van der Waals surface area contributed by atoms with Gasteiger partial charge >= 0.3 is 5.97 Å². The Morgan fingerprint density at radius 1 is 0.771 bits per heavy atom. The van der Waals surface area contributed by atoms with Crippen molar-refractivity contribution in [3.05, 3.63) is 95.1 Å². The monoisotopic (exact) mass is 505 g/mol. The fourth-order valence-corrected chi connectivity index (χ4v) is 4.92. The highest BCUT2D eigenvalue weighted by molar-refractivity contribution is 7.98. The molecule has 0 bridgehead atoms. The Balaban J connectivity index is 1.49. The third kappa shape index (κ3) is 6.16. The van der Waals surface area contributed by atoms with Gasteiger partial charge in [0.15, 0.2) is 0 Å². The van der Waals surface area contributed by atoms with Gasteiger partial charge in [-0.25, -0.2) is 4.79 Å². The van der Waals surface area contributed by atoms with Gasteiger partial charge in [0.25, 0.3) is 11.8 Å². The highest BCUT2D eigenvalue weighted by Gasteiger charge is 2.32. The minimum Gasteiger partial charge on any atom is -0.330 e. The van der Waals surface area contributed by atoms with E-state index in [2.05, 4.69) is 73.2 Å². The number of rotatable bonds is 9. The summed E-state index contributed by atoms with van der Waals surface area (Å²) < 4.78 is 0. The van der Waals surface area contributed by atoms with Crippen LogP contribution in [0.15, 0.2) is 82.6 Å². The van der Waals surface area contributed by atoms with Crippen molar-refractivity contribution in [2.24, 2.45) is 0 Å². The van der Waals surface area contributed by atoms with Gasteiger partial charge in [-0.1, -0.05) is 48.5 Å². The molecule has 2 amide bonds. The molecule has 0 aliphatic carbocycles. The summed E-state index contributed by atoms with van der Waals surface area (Å²) in [4.78, 5) is 42.8. The van der Waals surface area contributed by atoms with E-state index in [1.807, 2.05) is 12.1 Å². The third-order valence-corrected chi connectivity index (χ3v) is 7.52. The zero-order chi connectivity index (χ0) is 24.8. The van der Waals surface area contributed by atoms with Crippen molar-refractivity contribution in [2.45, 2.75) is 41.4 Å². The molecule has 0 spiro atoms. The molecule has 1 saturated heterocycles. The highest BCUT2D eigenvalue weighted by atomic mass is 32.2. The molecule has 0 radical (unpaired) electrons. The van der Waals surface area contributed by atoms with Crippen LogP contribution in [0.5, 0.6) is 0 Å². The van der Waals surface area contributed by atoms with Gasteiger partial charge in [0.2, 0.25) is 0 Å². The number of nitrogens with zero attached hydrogens (tertiary/aromatic N) is 1. The lowest BCUT2D eigenvalue weighted by atomic mass is 9.85. The Morgan fingerprint density at radius 2 is 1.20 bits per heavy atom. The molecule has 3 aromatic carbocycles. The second-order valence-corrected chi connectivity index (χ2v) is 10.0. The van der Waals surface area contributed by atoms with E-state index in [0.717, 1.165) is 5.56 Å². The largest absolute Gasteiger partial charge is 0.333 e. The number of hydroxylamine groups is 2. The first-order valence-electron chi connectivity index (χ1n) is 11.4. The Morgan fingerprint density at radius 3 is 1.63 bits per heavy atom. The number of carbonyl (C=O) groups excluding carboxylic acids is 3. The van der Waals surface area contributed by atoms with E-state index in [4.69, 9.17) is 4.84 Å². The molecule has 35 heavy (non-hydrogen) atoms. The van der Waals surface area contributed by atoms with Crippen molar-refractivity contribution in [3.8, 4) is 0 Å². The van der Waals surface area contributed by atoms with Gasteiger partial charge in [0, 0.05) is 28.6 Å². The van der Waals surface area contributed by atoms with Gasteiger partial charge < -0.3 is 4.84 Å². The fraction of sp³-hybridized carbons (Fsp3) is 0.250. The minimum atomic E-state index is -0.585. The van der Waals surface area contributed by atoms with Crippen molar-refractivity contribution in [1.29, 1.82) is 0 Å². The van der Waals surface area contributed by atoms with Crippen LogP contribution in [0.3, 0.4) is 0 Å². The Kier molecular flexibility index (Phi) is 8.31. The Hall–Kier alpha value is -3.03. The van der Waals surface area contributed by atoms with Crippen LogP contribution in [-0.2, 0) is 25.6 Å². The summed E-state index contributed by atoms with van der Waals surface area (Å²) in [5, 5.41) is 0.598. The maximum atomic E-state index is 12.1. The predicted octanol–water partition coefficient (Wildman–Crippen LogP) is 5.85. The summed E-state index contributed by atoms with van der Waals surface area (Å²) in [5.74, 6) is -1.42. The highest BCUT2D eigenvalue weighted by Crippen LogP contribution is 2.34. The van der Waals surface area contributed by atoms with Crippen molar-refractivity contribution in [3.63, 3.8) is 0 Å². The summed E-state index contributed by atoms with van der Waals surface area (Å²) in [6.45, 7) is 0. The SMILES string of the molecule is CSc1ccc(C(c2ccc(CCC(=O)ON3C(=O)CCC3=O)cc2)c2ccc(SC)cc2)cc1. The molecule has 1 aliphatic rings. The van der Waals surface area contributed by atoms with Gasteiger partial charge in [-0.2, -0.15) is 0 Å². The topological polar surface area (TPSA) is 63.7 Å². The summed E-state index contributed by atoms with van der Waals surface area (Å²) in [6.07, 6.45) is 4.88. The second kappa shape index (κ2) is 11.6. The predicted molar refractivity (Wildman–Crippen MR) is 139 cm³/mol. The van der Waals surface area contributed by atoms with Crippen LogP contribution >= 0.6 is 23.5 Å². The number of carbonyl (C=O) groups is 3. The zero-order valence-corrected chi connectivity index (χ0v) is 21.4. The van der Waals surface area contributed by atoms with Crippen LogP contribution in [0.2, 0.25) is 0 Å². The molecular formula is C28H27NO4S2. The van der Waals surface area contributed by atoms with Crippen LogP contribution < -0.4 is 0 Å². The third-order valence-electron chi connectivity index (χ3n) is 6.03. The van der Waals surface area contributed by atoms with E-state index in [1.165, 1.54) is 26.5 Å². The van der Waals surface area contributed by atoms with Crippen molar-refractivity contribution >= 4 is 41.3 Å². The van der Waals surface area contributed by atoms with Crippen LogP contribution in [0.25, 0.3) is 0 Å². The first-order chi connectivity index (χ1) is 17.0. The molecule has 0 unspecified atom stereocenters. The first kappa shape index (κ1) is 25.1. The van der Waals surface area contributed by atoms with E-state index in [1.54, 1.807) is 23.5 Å². The quantitative estimate of drug-likeness (QED) is 0.207. The fourth-order valence-electron chi connectivity index (χ4n) is 4.10. The molecule has 1 fully saturated rings. The van der Waals surface area contributed by atoms with E-state index in [9.17, 15) is 14.4 Å². The van der Waals surface area contributed by atoms with E-state index in [-0.39, 0.29) is 25.2 Å². The molecule has 4 rings (SSSR count). The van der Waals surface area contributed by atoms with Crippen LogP contribution in [0.4, 0.5) is 0 Å². The number of imide groups is 1. The van der Waals surface area contributed by atoms with Gasteiger partial charge in [-0.15, -0.1) is 28.6 Å². The normalized spacial score (nSPS) is 13.5. The lowest BCUT2D eigenvalue weighted by Gasteiger charge is -2.20. The summed E-state index contributed by atoms with van der Waals surface area (Å²) in [6, 6.07) is 25.6. The number of amides is 2. The van der Waals surface area contributed by atoms with E-state index in [0.29, 0.717) is 11.5 Å². The van der Waals surface area contributed by atoms with Crippen molar-refractivity contribution < 1.29 is 19.2 Å². The average Bonchev–Trinajstić information content (AvgIpc) is 3.21. The van der Waals surface area contributed by atoms with E-state index >= 15 is 0 Å². The second-order valence-electron chi connectivity index (χ2n) is 8.27. The van der Waals surface area contributed by atoms with Crippen LogP contribution in [0.1, 0.15) is 47.4 Å². The van der Waals surface area contributed by atoms with E-state index < -0.39 is 17.8 Å². The number of benzene rings is 3.